The van der Waals surface area contributed by atoms with Crippen molar-refractivity contribution in [3.8, 4) is 0 Å². The number of rotatable bonds is 0. The predicted octanol–water partition coefficient (Wildman–Crippen LogP) is 2.36. The molecule has 2 saturated carbocycles. The molecule has 4 aliphatic carbocycles. The number of hydrogen-bond acceptors (Lipinski definition) is 0. The molecule has 9 heavy (non-hydrogen) atoms. The van der Waals surface area contributed by atoms with Gasteiger partial charge in [0.1, 0.15) is 0 Å². The van der Waals surface area contributed by atoms with Gasteiger partial charge in [-0.25, -0.2) is 0 Å². The summed E-state index contributed by atoms with van der Waals surface area (Å²) in [5.41, 5.74) is 3.67. The molecule has 48 valence electrons. The summed E-state index contributed by atoms with van der Waals surface area (Å²) in [4.78, 5) is 0. The third kappa shape index (κ3) is 0.357. The minimum atomic E-state index is 1.04. The molecule has 0 aromatic rings. The molecular formula is C9H12. The average Bonchev–Trinajstić information content (AvgIpc) is 2.52. The summed E-state index contributed by atoms with van der Waals surface area (Å²) in [6.07, 6.45) is 4.57. The summed E-state index contributed by atoms with van der Waals surface area (Å²) in [7, 11) is 0. The Morgan fingerprint density at radius 2 is 2.11 bits per heavy atom. The molecule has 4 bridgehead atoms. The molecule has 0 amide bonds. The fraction of sp³-hybridized carbons (Fsp3) is 0.778. The van der Waals surface area contributed by atoms with Crippen LogP contribution >= 0.6 is 0 Å². The van der Waals surface area contributed by atoms with Crippen LogP contribution in [0, 0.1) is 17.8 Å². The number of fused-ring (bicyclic) bond motifs is 1. The summed E-state index contributed by atoms with van der Waals surface area (Å²) in [6.45, 7) is 2.36. The topological polar surface area (TPSA) is 0 Å². The molecule has 0 heteroatoms. The zero-order chi connectivity index (χ0) is 6.01. The van der Waals surface area contributed by atoms with Crippen LogP contribution in [-0.2, 0) is 0 Å². The Morgan fingerprint density at radius 1 is 1.22 bits per heavy atom. The summed E-state index contributed by atoms with van der Waals surface area (Å²) < 4.78 is 0. The lowest BCUT2D eigenvalue weighted by molar-refractivity contribution is 0.386. The fourth-order valence-corrected chi connectivity index (χ4v) is 3.05. The maximum Gasteiger partial charge on any atom is -0.0126 e. The van der Waals surface area contributed by atoms with E-state index in [1.54, 1.807) is 5.57 Å². The molecule has 0 N–H and O–H groups in total. The third-order valence-corrected chi connectivity index (χ3v) is 3.61. The second-order valence-corrected chi connectivity index (χ2v) is 3.86. The van der Waals surface area contributed by atoms with Crippen molar-refractivity contribution in [3.63, 3.8) is 0 Å². The molecule has 4 aliphatic rings. The van der Waals surface area contributed by atoms with Gasteiger partial charge in [-0.2, -0.15) is 0 Å². The normalized spacial score (nSPS) is 52.3. The molecule has 0 aromatic heterocycles. The smallest absolute Gasteiger partial charge is 0.0126 e. The van der Waals surface area contributed by atoms with E-state index in [2.05, 4.69) is 6.92 Å². The Kier molecular flexibility index (Phi) is 0.564. The third-order valence-electron chi connectivity index (χ3n) is 3.61. The lowest BCUT2D eigenvalue weighted by atomic mass is 9.84. The second-order valence-electron chi connectivity index (χ2n) is 3.86. The molecule has 0 spiro atoms. The molecule has 0 aromatic carbocycles. The van der Waals surface area contributed by atoms with Gasteiger partial charge in [-0.1, -0.05) is 11.1 Å². The number of allylic oxidation sites excluding steroid dienone is 2. The Balaban J connectivity index is 2.17. The fourth-order valence-electron chi connectivity index (χ4n) is 3.05. The first-order chi connectivity index (χ1) is 4.38. The van der Waals surface area contributed by atoms with Crippen LogP contribution in [0.15, 0.2) is 11.1 Å². The van der Waals surface area contributed by atoms with Crippen LogP contribution in [0.3, 0.4) is 0 Å². The van der Waals surface area contributed by atoms with Crippen LogP contribution in [0.5, 0.6) is 0 Å². The van der Waals surface area contributed by atoms with Gasteiger partial charge in [-0.05, 0) is 43.9 Å². The van der Waals surface area contributed by atoms with Crippen molar-refractivity contribution < 1.29 is 0 Å². The molecule has 3 unspecified atom stereocenters. The van der Waals surface area contributed by atoms with Crippen LogP contribution in [0.2, 0.25) is 0 Å². The largest absolute Gasteiger partial charge is 0.0704 e. The lowest BCUT2D eigenvalue weighted by Gasteiger charge is -2.20. The maximum atomic E-state index is 2.36. The van der Waals surface area contributed by atoms with Gasteiger partial charge in [0.05, 0.1) is 0 Å². The summed E-state index contributed by atoms with van der Waals surface area (Å²) in [5, 5.41) is 0. The van der Waals surface area contributed by atoms with Crippen LogP contribution < -0.4 is 0 Å². The molecule has 0 radical (unpaired) electrons. The Bertz CT molecular complexity index is 200. The van der Waals surface area contributed by atoms with Gasteiger partial charge in [0.15, 0.2) is 0 Å². The molecule has 2 fully saturated rings. The molecule has 3 atom stereocenters. The molecule has 0 saturated heterocycles. The zero-order valence-electron chi connectivity index (χ0n) is 5.85. The van der Waals surface area contributed by atoms with Crippen LogP contribution in [0.1, 0.15) is 26.2 Å². The van der Waals surface area contributed by atoms with Gasteiger partial charge in [-0.15, -0.1) is 0 Å². The van der Waals surface area contributed by atoms with E-state index >= 15 is 0 Å². The van der Waals surface area contributed by atoms with Crippen molar-refractivity contribution in [1.29, 1.82) is 0 Å². The first-order valence-electron chi connectivity index (χ1n) is 4.08. The van der Waals surface area contributed by atoms with Gasteiger partial charge >= 0.3 is 0 Å². The van der Waals surface area contributed by atoms with Crippen molar-refractivity contribution in [2.75, 3.05) is 0 Å². The lowest BCUT2D eigenvalue weighted by Crippen LogP contribution is -2.09. The van der Waals surface area contributed by atoms with E-state index in [4.69, 9.17) is 0 Å². The van der Waals surface area contributed by atoms with Crippen LogP contribution in [-0.4, -0.2) is 0 Å². The molecule has 4 rings (SSSR count). The first kappa shape index (κ1) is 4.54. The van der Waals surface area contributed by atoms with E-state index in [1.807, 2.05) is 5.57 Å². The Labute approximate surface area is 56.0 Å². The second kappa shape index (κ2) is 1.12. The highest BCUT2D eigenvalue weighted by atomic mass is 14.6. The van der Waals surface area contributed by atoms with Crippen molar-refractivity contribution in [3.05, 3.63) is 11.1 Å². The minimum absolute atomic E-state index is 1.04. The van der Waals surface area contributed by atoms with E-state index in [1.165, 1.54) is 19.3 Å². The number of hydrogen-bond donors (Lipinski definition) is 0. The predicted molar refractivity (Wildman–Crippen MR) is 37.0 cm³/mol. The van der Waals surface area contributed by atoms with E-state index < -0.39 is 0 Å². The van der Waals surface area contributed by atoms with E-state index in [0.717, 1.165) is 17.8 Å². The average molecular weight is 120 g/mol. The van der Waals surface area contributed by atoms with E-state index in [0.29, 0.717) is 0 Å². The van der Waals surface area contributed by atoms with Crippen molar-refractivity contribution in [2.24, 2.45) is 17.8 Å². The molecular weight excluding hydrogens is 108 g/mol. The van der Waals surface area contributed by atoms with Gasteiger partial charge < -0.3 is 0 Å². The summed E-state index contributed by atoms with van der Waals surface area (Å²) >= 11 is 0. The highest BCUT2D eigenvalue weighted by molar-refractivity contribution is 5.43. The summed E-state index contributed by atoms with van der Waals surface area (Å²) in [6, 6.07) is 0. The van der Waals surface area contributed by atoms with Crippen molar-refractivity contribution in [2.45, 2.75) is 26.2 Å². The van der Waals surface area contributed by atoms with Gasteiger partial charge in [0.2, 0.25) is 0 Å². The first-order valence-corrected chi connectivity index (χ1v) is 4.08. The maximum absolute atomic E-state index is 2.36. The zero-order valence-corrected chi connectivity index (χ0v) is 5.85. The Morgan fingerprint density at radius 3 is 2.44 bits per heavy atom. The van der Waals surface area contributed by atoms with Gasteiger partial charge in [0.25, 0.3) is 0 Å². The van der Waals surface area contributed by atoms with Crippen LogP contribution in [0.25, 0.3) is 0 Å². The van der Waals surface area contributed by atoms with Crippen molar-refractivity contribution in [1.82, 2.24) is 0 Å². The molecule has 0 aliphatic heterocycles. The summed E-state index contributed by atoms with van der Waals surface area (Å²) in [5.74, 6) is 3.23. The van der Waals surface area contributed by atoms with E-state index in [-0.39, 0.29) is 0 Å². The highest BCUT2D eigenvalue weighted by Gasteiger charge is 2.54. The highest BCUT2D eigenvalue weighted by Crippen LogP contribution is 2.65. The van der Waals surface area contributed by atoms with Crippen molar-refractivity contribution >= 4 is 0 Å². The standard InChI is InChI=1S/C9H12/c1-5-6-2-3-7-8(4-6)9(5)7/h6-8H,2-4H2,1H3. The van der Waals surface area contributed by atoms with Gasteiger partial charge in [-0.3, -0.25) is 0 Å². The quantitative estimate of drug-likeness (QED) is 0.430. The van der Waals surface area contributed by atoms with E-state index in [9.17, 15) is 0 Å². The minimum Gasteiger partial charge on any atom is -0.0704 e. The Hall–Kier alpha value is -0.260. The molecule has 0 nitrogen and oxygen atoms in total. The molecule has 0 heterocycles. The SMILES string of the molecule is CC1=C2C3CCC1CC23. The van der Waals surface area contributed by atoms with Gasteiger partial charge in [0, 0.05) is 0 Å². The monoisotopic (exact) mass is 120 g/mol. The van der Waals surface area contributed by atoms with Crippen LogP contribution in [0.4, 0.5) is 0 Å².